The molecule has 0 atom stereocenters. The summed E-state index contributed by atoms with van der Waals surface area (Å²) < 4.78 is 18.8. The summed E-state index contributed by atoms with van der Waals surface area (Å²) in [5, 5.41) is 2.91. The fourth-order valence-electron chi connectivity index (χ4n) is 3.14. The number of nitrogens with one attached hydrogen (secondary N) is 1. The Hall–Kier alpha value is -2.44. The molecule has 2 aromatic rings. The second-order valence-electron chi connectivity index (χ2n) is 6.42. The van der Waals surface area contributed by atoms with Crippen LogP contribution in [-0.4, -0.2) is 55.5 Å². The number of benzene rings is 2. The molecule has 0 saturated carbocycles. The molecule has 1 amide bonds. The Morgan fingerprint density at radius 3 is 2.46 bits per heavy atom. The molecule has 26 heavy (non-hydrogen) atoms. The fourth-order valence-corrected chi connectivity index (χ4v) is 3.14. The lowest BCUT2D eigenvalue weighted by atomic mass is 10.1. The van der Waals surface area contributed by atoms with Crippen LogP contribution in [0.2, 0.25) is 0 Å². The monoisotopic (exact) mass is 357 g/mol. The summed E-state index contributed by atoms with van der Waals surface area (Å²) in [6.45, 7) is 4.30. The first kappa shape index (κ1) is 18.4. The lowest BCUT2D eigenvalue weighted by molar-refractivity contribution is -0.117. The standard InChI is InChI=1S/C20H24FN3O2/c1-26-19-8-7-17(21)13-16(19)14-23-9-11-24(12-10-23)15-20(25)22-18-5-3-2-4-6-18/h2-8,13H,9-12,14-15H2,1H3,(H,22,25). The quantitative estimate of drug-likeness (QED) is 0.863. The molecule has 138 valence electrons. The van der Waals surface area contributed by atoms with Crippen LogP contribution in [0, 0.1) is 5.82 Å². The van der Waals surface area contributed by atoms with Crippen LogP contribution in [0.15, 0.2) is 48.5 Å². The van der Waals surface area contributed by atoms with Gasteiger partial charge >= 0.3 is 0 Å². The van der Waals surface area contributed by atoms with Crippen LogP contribution in [0.3, 0.4) is 0 Å². The third kappa shape index (κ3) is 5.03. The molecule has 0 unspecified atom stereocenters. The minimum Gasteiger partial charge on any atom is -0.496 e. The number of ether oxygens (including phenoxy) is 1. The Bertz CT molecular complexity index is 731. The van der Waals surface area contributed by atoms with Gasteiger partial charge in [-0.25, -0.2) is 4.39 Å². The molecule has 0 radical (unpaired) electrons. The lowest BCUT2D eigenvalue weighted by Gasteiger charge is -2.34. The Labute approximate surface area is 153 Å². The maximum absolute atomic E-state index is 13.5. The third-order valence-corrected chi connectivity index (χ3v) is 4.53. The first-order valence-corrected chi connectivity index (χ1v) is 8.76. The molecule has 0 aliphatic carbocycles. The second-order valence-corrected chi connectivity index (χ2v) is 6.42. The third-order valence-electron chi connectivity index (χ3n) is 4.53. The molecular formula is C20H24FN3O2. The van der Waals surface area contributed by atoms with Crippen molar-refractivity contribution < 1.29 is 13.9 Å². The predicted octanol–water partition coefficient (Wildman–Crippen LogP) is 2.59. The van der Waals surface area contributed by atoms with E-state index in [1.807, 2.05) is 30.3 Å². The molecule has 1 saturated heterocycles. The van der Waals surface area contributed by atoms with Crippen molar-refractivity contribution in [3.05, 3.63) is 59.9 Å². The van der Waals surface area contributed by atoms with Crippen LogP contribution in [0.5, 0.6) is 5.75 Å². The van der Waals surface area contributed by atoms with Gasteiger partial charge in [0.25, 0.3) is 0 Å². The largest absolute Gasteiger partial charge is 0.496 e. The van der Waals surface area contributed by atoms with E-state index in [-0.39, 0.29) is 11.7 Å². The highest BCUT2D eigenvalue weighted by molar-refractivity contribution is 5.92. The number of halogens is 1. The Balaban J connectivity index is 1.47. The number of hydrogen-bond donors (Lipinski definition) is 1. The van der Waals surface area contributed by atoms with Gasteiger partial charge in [0.1, 0.15) is 11.6 Å². The summed E-state index contributed by atoms with van der Waals surface area (Å²) in [5.41, 5.74) is 1.66. The Morgan fingerprint density at radius 1 is 1.08 bits per heavy atom. The van der Waals surface area contributed by atoms with Gasteiger partial charge in [0, 0.05) is 44.0 Å². The van der Waals surface area contributed by atoms with Crippen molar-refractivity contribution in [1.29, 1.82) is 0 Å². The Kier molecular flexibility index (Phi) is 6.20. The van der Waals surface area contributed by atoms with Gasteiger partial charge in [-0.2, -0.15) is 0 Å². The number of nitrogens with zero attached hydrogens (tertiary/aromatic N) is 2. The molecule has 6 heteroatoms. The maximum atomic E-state index is 13.5. The SMILES string of the molecule is COc1ccc(F)cc1CN1CCN(CC(=O)Nc2ccccc2)CC1. The highest BCUT2D eigenvalue weighted by Gasteiger charge is 2.20. The zero-order valence-electron chi connectivity index (χ0n) is 15.0. The number of piperazine rings is 1. The summed E-state index contributed by atoms with van der Waals surface area (Å²) in [5.74, 6) is 0.449. The minimum atomic E-state index is -0.253. The van der Waals surface area contributed by atoms with E-state index < -0.39 is 0 Å². The number of para-hydroxylation sites is 1. The summed E-state index contributed by atoms with van der Waals surface area (Å²) in [7, 11) is 1.60. The minimum absolute atomic E-state index is 0.00329. The van der Waals surface area contributed by atoms with Crippen molar-refractivity contribution in [2.75, 3.05) is 45.2 Å². The number of anilines is 1. The maximum Gasteiger partial charge on any atom is 0.238 e. The highest BCUT2D eigenvalue weighted by Crippen LogP contribution is 2.21. The number of methoxy groups -OCH3 is 1. The molecule has 3 rings (SSSR count). The molecule has 5 nitrogen and oxygen atoms in total. The van der Waals surface area contributed by atoms with Crippen LogP contribution in [-0.2, 0) is 11.3 Å². The van der Waals surface area contributed by atoms with Gasteiger partial charge in [-0.15, -0.1) is 0 Å². The molecule has 0 spiro atoms. The van der Waals surface area contributed by atoms with Crippen LogP contribution >= 0.6 is 0 Å². The van der Waals surface area contributed by atoms with Gasteiger partial charge in [0.15, 0.2) is 0 Å². The van der Waals surface area contributed by atoms with Crippen molar-refractivity contribution >= 4 is 11.6 Å². The average Bonchev–Trinajstić information content (AvgIpc) is 2.64. The van der Waals surface area contributed by atoms with Crippen molar-refractivity contribution in [3.8, 4) is 5.75 Å². The van der Waals surface area contributed by atoms with Crippen molar-refractivity contribution in [1.82, 2.24) is 9.80 Å². The number of rotatable bonds is 6. The zero-order valence-corrected chi connectivity index (χ0v) is 15.0. The molecule has 1 aliphatic rings. The first-order chi connectivity index (χ1) is 12.6. The number of hydrogen-bond acceptors (Lipinski definition) is 4. The topological polar surface area (TPSA) is 44.8 Å². The molecule has 0 bridgehead atoms. The van der Waals surface area contributed by atoms with Crippen LogP contribution in [0.4, 0.5) is 10.1 Å². The van der Waals surface area contributed by atoms with Gasteiger partial charge in [-0.3, -0.25) is 14.6 Å². The number of carbonyl (C=O) groups excluding carboxylic acids is 1. The molecular weight excluding hydrogens is 333 g/mol. The van der Waals surface area contributed by atoms with Gasteiger partial charge < -0.3 is 10.1 Å². The van der Waals surface area contributed by atoms with E-state index in [2.05, 4.69) is 15.1 Å². The molecule has 0 aromatic heterocycles. The molecule has 1 heterocycles. The predicted molar refractivity (Wildman–Crippen MR) is 99.7 cm³/mol. The van der Waals surface area contributed by atoms with Gasteiger partial charge in [0.2, 0.25) is 5.91 Å². The van der Waals surface area contributed by atoms with E-state index in [0.717, 1.165) is 37.4 Å². The van der Waals surface area contributed by atoms with E-state index in [1.165, 1.54) is 12.1 Å². The first-order valence-electron chi connectivity index (χ1n) is 8.76. The normalized spacial score (nSPS) is 15.6. The van der Waals surface area contributed by atoms with Crippen LogP contribution in [0.25, 0.3) is 0 Å². The summed E-state index contributed by atoms with van der Waals surface area (Å²) in [4.78, 5) is 16.5. The Morgan fingerprint density at radius 2 is 1.77 bits per heavy atom. The van der Waals surface area contributed by atoms with Gasteiger partial charge in [-0.05, 0) is 30.3 Å². The molecule has 1 fully saturated rings. The van der Waals surface area contributed by atoms with E-state index in [1.54, 1.807) is 13.2 Å². The van der Waals surface area contributed by atoms with Crippen molar-refractivity contribution in [2.45, 2.75) is 6.54 Å². The van der Waals surface area contributed by atoms with E-state index >= 15 is 0 Å². The average molecular weight is 357 g/mol. The molecule has 1 N–H and O–H groups in total. The van der Waals surface area contributed by atoms with Crippen LogP contribution in [0.1, 0.15) is 5.56 Å². The molecule has 1 aliphatic heterocycles. The second kappa shape index (κ2) is 8.78. The summed E-state index contributed by atoms with van der Waals surface area (Å²) in [6, 6.07) is 14.1. The van der Waals surface area contributed by atoms with Crippen molar-refractivity contribution in [2.24, 2.45) is 0 Å². The summed E-state index contributed by atoms with van der Waals surface area (Å²) in [6.07, 6.45) is 0. The fraction of sp³-hybridized carbons (Fsp3) is 0.350. The lowest BCUT2D eigenvalue weighted by Crippen LogP contribution is -2.48. The number of amides is 1. The van der Waals surface area contributed by atoms with Crippen LogP contribution < -0.4 is 10.1 Å². The smallest absolute Gasteiger partial charge is 0.238 e. The van der Waals surface area contributed by atoms with E-state index in [9.17, 15) is 9.18 Å². The van der Waals surface area contributed by atoms with Gasteiger partial charge in [-0.1, -0.05) is 18.2 Å². The zero-order chi connectivity index (χ0) is 18.4. The summed E-state index contributed by atoms with van der Waals surface area (Å²) >= 11 is 0. The molecule has 2 aromatic carbocycles. The van der Waals surface area contributed by atoms with E-state index in [4.69, 9.17) is 4.74 Å². The van der Waals surface area contributed by atoms with Gasteiger partial charge in [0.05, 0.1) is 13.7 Å². The number of carbonyl (C=O) groups is 1. The van der Waals surface area contributed by atoms with E-state index in [0.29, 0.717) is 18.8 Å². The highest BCUT2D eigenvalue weighted by atomic mass is 19.1. The van der Waals surface area contributed by atoms with Crippen molar-refractivity contribution in [3.63, 3.8) is 0 Å².